The molecule has 0 aromatic rings. The first-order valence-corrected chi connectivity index (χ1v) is 6.62. The molecule has 2 heterocycles. The first-order valence-electron chi connectivity index (χ1n) is 6.62. The predicted octanol–water partition coefficient (Wildman–Crippen LogP) is -0.946. The van der Waals surface area contributed by atoms with Crippen LogP contribution in [0.5, 0.6) is 0 Å². The second-order valence-corrected chi connectivity index (χ2v) is 5.11. The highest BCUT2D eigenvalue weighted by molar-refractivity contribution is 5.47. The van der Waals surface area contributed by atoms with Gasteiger partial charge < -0.3 is 15.1 Å². The molecule has 2 aliphatic rings. The molecule has 0 aromatic heterocycles. The Labute approximate surface area is 104 Å². The number of hydrogen-bond donors (Lipinski definition) is 1. The predicted molar refractivity (Wildman–Crippen MR) is 68.0 cm³/mol. The second-order valence-electron chi connectivity index (χ2n) is 5.11. The maximum Gasteiger partial charge on any atom is 0.209 e. The Morgan fingerprint density at radius 1 is 1.24 bits per heavy atom. The Kier molecular flexibility index (Phi) is 4.76. The molecule has 1 N–H and O–H groups in total. The minimum absolute atomic E-state index is 0.674. The molecule has 0 aliphatic carbocycles. The van der Waals surface area contributed by atoms with Crippen LogP contribution in [-0.4, -0.2) is 86.6 Å². The van der Waals surface area contributed by atoms with Gasteiger partial charge in [-0.2, -0.15) is 0 Å². The highest BCUT2D eigenvalue weighted by atomic mass is 16.1. The van der Waals surface area contributed by atoms with E-state index >= 15 is 0 Å². The standard InChI is InChI=1S/C12H24N4O/c1-14-5-3-13-10-12(14)2-4-15-6-8-16(11-17)9-7-15/h11-13H,2-10H2,1H3. The summed E-state index contributed by atoms with van der Waals surface area (Å²) in [5, 5.41) is 3.45. The number of carbonyl (C=O) groups is 1. The molecule has 2 aliphatic heterocycles. The van der Waals surface area contributed by atoms with Crippen molar-refractivity contribution in [2.24, 2.45) is 0 Å². The van der Waals surface area contributed by atoms with Gasteiger partial charge in [-0.3, -0.25) is 9.69 Å². The van der Waals surface area contributed by atoms with Gasteiger partial charge in [-0.15, -0.1) is 0 Å². The van der Waals surface area contributed by atoms with E-state index in [2.05, 4.69) is 22.2 Å². The van der Waals surface area contributed by atoms with Gasteiger partial charge in [0.1, 0.15) is 0 Å². The third kappa shape index (κ3) is 3.66. The van der Waals surface area contributed by atoms with Crippen molar-refractivity contribution in [2.75, 3.05) is 59.4 Å². The van der Waals surface area contributed by atoms with Crippen LogP contribution >= 0.6 is 0 Å². The summed E-state index contributed by atoms with van der Waals surface area (Å²) in [5.74, 6) is 0. The lowest BCUT2D eigenvalue weighted by atomic mass is 10.1. The zero-order valence-corrected chi connectivity index (χ0v) is 10.8. The molecule has 17 heavy (non-hydrogen) atoms. The number of amides is 1. The molecule has 2 fully saturated rings. The maximum atomic E-state index is 10.6. The topological polar surface area (TPSA) is 38.8 Å². The number of nitrogens with zero attached hydrogens (tertiary/aromatic N) is 3. The molecule has 2 saturated heterocycles. The summed E-state index contributed by atoms with van der Waals surface area (Å²) in [5.41, 5.74) is 0. The van der Waals surface area contributed by atoms with Gasteiger partial charge in [-0.25, -0.2) is 0 Å². The van der Waals surface area contributed by atoms with E-state index in [0.717, 1.165) is 58.8 Å². The minimum atomic E-state index is 0.674. The average molecular weight is 240 g/mol. The van der Waals surface area contributed by atoms with E-state index in [0.29, 0.717) is 6.04 Å². The van der Waals surface area contributed by atoms with Crippen LogP contribution in [0.15, 0.2) is 0 Å². The summed E-state index contributed by atoms with van der Waals surface area (Å²) in [6, 6.07) is 0.674. The highest BCUT2D eigenvalue weighted by Crippen LogP contribution is 2.07. The summed E-state index contributed by atoms with van der Waals surface area (Å²) in [7, 11) is 2.22. The van der Waals surface area contributed by atoms with E-state index in [4.69, 9.17) is 0 Å². The van der Waals surface area contributed by atoms with Gasteiger partial charge >= 0.3 is 0 Å². The van der Waals surface area contributed by atoms with Crippen molar-refractivity contribution in [3.8, 4) is 0 Å². The Balaban J connectivity index is 1.66. The Morgan fingerprint density at radius 2 is 2.00 bits per heavy atom. The van der Waals surface area contributed by atoms with E-state index in [1.165, 1.54) is 6.42 Å². The maximum absolute atomic E-state index is 10.6. The Hall–Kier alpha value is -0.650. The van der Waals surface area contributed by atoms with Crippen molar-refractivity contribution < 1.29 is 4.79 Å². The summed E-state index contributed by atoms with van der Waals surface area (Å²) in [6.07, 6.45) is 2.20. The number of nitrogens with one attached hydrogen (secondary N) is 1. The third-order valence-corrected chi connectivity index (χ3v) is 3.98. The molecule has 0 spiro atoms. The summed E-state index contributed by atoms with van der Waals surface area (Å²) in [4.78, 5) is 17.4. The SMILES string of the molecule is CN1CCNCC1CCN1CCN(C=O)CC1. The quantitative estimate of drug-likeness (QED) is 0.643. The molecule has 1 amide bonds. The van der Waals surface area contributed by atoms with Crippen molar-refractivity contribution in [3.05, 3.63) is 0 Å². The number of likely N-dealkylation sites (N-methyl/N-ethyl adjacent to an activating group) is 1. The molecular weight excluding hydrogens is 216 g/mol. The first-order chi connectivity index (χ1) is 8.29. The molecule has 0 aromatic carbocycles. The van der Waals surface area contributed by atoms with Crippen molar-refractivity contribution in [1.29, 1.82) is 0 Å². The molecule has 0 bridgehead atoms. The number of carbonyl (C=O) groups excluding carboxylic acids is 1. The molecule has 2 rings (SSSR count). The van der Waals surface area contributed by atoms with Crippen LogP contribution in [0.4, 0.5) is 0 Å². The molecule has 0 radical (unpaired) electrons. The normalized spacial score (nSPS) is 28.3. The number of rotatable bonds is 4. The van der Waals surface area contributed by atoms with Crippen LogP contribution in [0.3, 0.4) is 0 Å². The zero-order valence-electron chi connectivity index (χ0n) is 10.8. The molecule has 1 unspecified atom stereocenters. The average Bonchev–Trinajstić information content (AvgIpc) is 2.38. The van der Waals surface area contributed by atoms with Crippen LogP contribution in [0.1, 0.15) is 6.42 Å². The van der Waals surface area contributed by atoms with Crippen LogP contribution in [-0.2, 0) is 4.79 Å². The molecule has 98 valence electrons. The van der Waals surface area contributed by atoms with Crippen molar-refractivity contribution in [2.45, 2.75) is 12.5 Å². The van der Waals surface area contributed by atoms with Crippen LogP contribution in [0.25, 0.3) is 0 Å². The largest absolute Gasteiger partial charge is 0.343 e. The van der Waals surface area contributed by atoms with Gasteiger partial charge in [0.05, 0.1) is 0 Å². The molecular formula is C12H24N4O. The molecule has 0 saturated carbocycles. The fourth-order valence-corrected chi connectivity index (χ4v) is 2.61. The van der Waals surface area contributed by atoms with E-state index in [-0.39, 0.29) is 0 Å². The summed E-state index contributed by atoms with van der Waals surface area (Å²) < 4.78 is 0. The van der Waals surface area contributed by atoms with Crippen LogP contribution in [0.2, 0.25) is 0 Å². The minimum Gasteiger partial charge on any atom is -0.343 e. The fourth-order valence-electron chi connectivity index (χ4n) is 2.61. The lowest BCUT2D eigenvalue weighted by Crippen LogP contribution is -2.51. The summed E-state index contributed by atoms with van der Waals surface area (Å²) in [6.45, 7) is 8.39. The van der Waals surface area contributed by atoms with Gasteiger partial charge in [0.15, 0.2) is 0 Å². The van der Waals surface area contributed by atoms with Crippen molar-refractivity contribution in [3.63, 3.8) is 0 Å². The van der Waals surface area contributed by atoms with Gasteiger partial charge in [-0.1, -0.05) is 0 Å². The Bertz CT molecular complexity index is 241. The number of piperazine rings is 2. The summed E-state index contributed by atoms with van der Waals surface area (Å²) >= 11 is 0. The monoisotopic (exact) mass is 240 g/mol. The molecule has 5 nitrogen and oxygen atoms in total. The van der Waals surface area contributed by atoms with Crippen molar-refractivity contribution >= 4 is 6.41 Å². The van der Waals surface area contributed by atoms with E-state index in [1.54, 1.807) is 0 Å². The lowest BCUT2D eigenvalue weighted by Gasteiger charge is -2.36. The van der Waals surface area contributed by atoms with Gasteiger partial charge in [0, 0.05) is 51.9 Å². The first kappa shape index (κ1) is 12.8. The smallest absolute Gasteiger partial charge is 0.209 e. The zero-order chi connectivity index (χ0) is 12.1. The van der Waals surface area contributed by atoms with Crippen LogP contribution in [0, 0.1) is 0 Å². The lowest BCUT2D eigenvalue weighted by molar-refractivity contribution is -0.119. The van der Waals surface area contributed by atoms with Crippen molar-refractivity contribution in [1.82, 2.24) is 20.0 Å². The molecule has 1 atom stereocenters. The fraction of sp³-hybridized carbons (Fsp3) is 0.917. The van der Waals surface area contributed by atoms with Gasteiger partial charge in [0.25, 0.3) is 0 Å². The molecule has 5 heteroatoms. The van der Waals surface area contributed by atoms with Crippen LogP contribution < -0.4 is 5.32 Å². The Morgan fingerprint density at radius 3 is 2.65 bits per heavy atom. The van der Waals surface area contributed by atoms with Gasteiger partial charge in [-0.05, 0) is 20.0 Å². The van der Waals surface area contributed by atoms with E-state index in [9.17, 15) is 4.79 Å². The second kappa shape index (κ2) is 6.33. The van der Waals surface area contributed by atoms with E-state index < -0.39 is 0 Å². The number of hydrogen-bond acceptors (Lipinski definition) is 4. The highest BCUT2D eigenvalue weighted by Gasteiger charge is 2.21. The van der Waals surface area contributed by atoms with E-state index in [1.807, 2.05) is 4.90 Å². The van der Waals surface area contributed by atoms with Gasteiger partial charge in [0.2, 0.25) is 6.41 Å². The third-order valence-electron chi connectivity index (χ3n) is 3.98.